The minimum absolute atomic E-state index is 0.0444. The van der Waals surface area contributed by atoms with E-state index < -0.39 is 0 Å². The first-order valence-corrected chi connectivity index (χ1v) is 5.40. The minimum atomic E-state index is -0.159. The Balaban J connectivity index is 2.46. The molecule has 0 spiro atoms. The van der Waals surface area contributed by atoms with E-state index in [9.17, 15) is 4.79 Å². The van der Waals surface area contributed by atoms with Crippen molar-refractivity contribution in [3.63, 3.8) is 0 Å². The molecule has 1 heterocycles. The molecule has 0 bridgehead atoms. The zero-order chi connectivity index (χ0) is 12.1. The molecule has 1 rings (SSSR count). The summed E-state index contributed by atoms with van der Waals surface area (Å²) >= 11 is 5.73. The van der Waals surface area contributed by atoms with Crippen LogP contribution in [0.3, 0.4) is 0 Å². The monoisotopic (exact) mass is 246 g/mol. The van der Waals surface area contributed by atoms with Gasteiger partial charge in [-0.25, -0.2) is 0 Å². The van der Waals surface area contributed by atoms with E-state index in [1.807, 2.05) is 6.92 Å². The van der Waals surface area contributed by atoms with Gasteiger partial charge in [0.15, 0.2) is 0 Å². The maximum Gasteiger partial charge on any atom is 0.229 e. The first-order chi connectivity index (χ1) is 7.54. The number of aliphatic hydroxyl groups is 1. The zero-order valence-corrected chi connectivity index (χ0v) is 10.0. The topological polar surface area (TPSA) is 75.4 Å². The summed E-state index contributed by atoms with van der Waals surface area (Å²) in [7, 11) is 0. The van der Waals surface area contributed by atoms with Crippen LogP contribution in [0.1, 0.15) is 18.2 Å². The first-order valence-electron chi connectivity index (χ1n) is 5.02. The van der Waals surface area contributed by atoms with Gasteiger partial charge in [-0.2, -0.15) is 0 Å². The summed E-state index contributed by atoms with van der Waals surface area (Å²) in [5, 5.41) is 15.3. The molecule has 6 heteroatoms. The lowest BCUT2D eigenvalue weighted by molar-refractivity contribution is -0.120. The van der Waals surface area contributed by atoms with Crippen molar-refractivity contribution in [3.8, 4) is 0 Å². The number of hydrogen-bond acceptors (Lipinski definition) is 4. The maximum absolute atomic E-state index is 11.5. The van der Waals surface area contributed by atoms with Crippen molar-refractivity contribution in [1.29, 1.82) is 0 Å². The number of aliphatic hydroxyl groups excluding tert-OH is 1. The number of aromatic nitrogens is 1. The van der Waals surface area contributed by atoms with E-state index in [1.165, 1.54) is 0 Å². The van der Waals surface area contributed by atoms with Crippen LogP contribution in [0.4, 0.5) is 0 Å². The standard InChI is InChI=1S/C10H15ClN2O3/c1-6(5-14)4-12-9(15)3-8-7(2)13-16-10(8)11/h6,14H,3-5H2,1-2H3,(H,12,15). The number of aryl methyl sites for hydroxylation is 1. The Bertz CT molecular complexity index is 345. The van der Waals surface area contributed by atoms with Gasteiger partial charge in [-0.1, -0.05) is 12.1 Å². The van der Waals surface area contributed by atoms with Gasteiger partial charge >= 0.3 is 0 Å². The fourth-order valence-electron chi connectivity index (χ4n) is 1.13. The minimum Gasteiger partial charge on any atom is -0.396 e. The molecule has 0 saturated carbocycles. The molecule has 90 valence electrons. The molecule has 0 radical (unpaired) electrons. The van der Waals surface area contributed by atoms with Gasteiger partial charge in [-0.15, -0.1) is 0 Å². The second-order valence-corrected chi connectivity index (χ2v) is 4.13. The van der Waals surface area contributed by atoms with Gasteiger partial charge in [0.25, 0.3) is 0 Å². The van der Waals surface area contributed by atoms with Crippen molar-refractivity contribution < 1.29 is 14.4 Å². The van der Waals surface area contributed by atoms with E-state index in [1.54, 1.807) is 6.92 Å². The molecule has 16 heavy (non-hydrogen) atoms. The second-order valence-electron chi connectivity index (χ2n) is 3.79. The summed E-state index contributed by atoms with van der Waals surface area (Å²) < 4.78 is 4.74. The van der Waals surface area contributed by atoms with Crippen LogP contribution in [0.5, 0.6) is 0 Å². The van der Waals surface area contributed by atoms with Crippen LogP contribution in [0.2, 0.25) is 5.22 Å². The van der Waals surface area contributed by atoms with Crippen LogP contribution in [-0.2, 0) is 11.2 Å². The summed E-state index contributed by atoms with van der Waals surface area (Å²) in [6.45, 7) is 4.07. The Morgan fingerprint density at radius 1 is 1.69 bits per heavy atom. The largest absolute Gasteiger partial charge is 0.396 e. The highest BCUT2D eigenvalue weighted by Crippen LogP contribution is 2.19. The molecule has 1 aromatic rings. The highest BCUT2D eigenvalue weighted by atomic mass is 35.5. The fraction of sp³-hybridized carbons (Fsp3) is 0.600. The molecule has 0 aliphatic heterocycles. The van der Waals surface area contributed by atoms with Crippen molar-refractivity contribution in [2.24, 2.45) is 5.92 Å². The third-order valence-corrected chi connectivity index (χ3v) is 2.53. The Labute approximate surface area is 98.8 Å². The molecule has 0 aliphatic carbocycles. The quantitative estimate of drug-likeness (QED) is 0.810. The second kappa shape index (κ2) is 5.86. The normalized spacial score (nSPS) is 12.5. The van der Waals surface area contributed by atoms with Gasteiger partial charge < -0.3 is 14.9 Å². The molecule has 1 amide bonds. The van der Waals surface area contributed by atoms with Crippen molar-refractivity contribution in [2.75, 3.05) is 13.2 Å². The van der Waals surface area contributed by atoms with Crippen molar-refractivity contribution in [1.82, 2.24) is 10.5 Å². The number of nitrogens with zero attached hydrogens (tertiary/aromatic N) is 1. The number of amides is 1. The molecule has 2 N–H and O–H groups in total. The van der Waals surface area contributed by atoms with Gasteiger partial charge in [-0.3, -0.25) is 4.79 Å². The Morgan fingerprint density at radius 2 is 2.38 bits per heavy atom. The van der Waals surface area contributed by atoms with Crippen molar-refractivity contribution in [2.45, 2.75) is 20.3 Å². The summed E-state index contributed by atoms with van der Waals surface area (Å²) in [6, 6.07) is 0. The molecular formula is C10H15ClN2O3. The van der Waals surface area contributed by atoms with Gasteiger partial charge in [0.2, 0.25) is 11.1 Å². The van der Waals surface area contributed by atoms with Crippen LogP contribution in [0.25, 0.3) is 0 Å². The van der Waals surface area contributed by atoms with Gasteiger partial charge in [0.05, 0.1) is 12.1 Å². The van der Waals surface area contributed by atoms with Crippen LogP contribution in [0.15, 0.2) is 4.52 Å². The van der Waals surface area contributed by atoms with Crippen LogP contribution < -0.4 is 5.32 Å². The number of hydrogen-bond donors (Lipinski definition) is 2. The van der Waals surface area contributed by atoms with Crippen molar-refractivity contribution in [3.05, 3.63) is 16.5 Å². The lowest BCUT2D eigenvalue weighted by Gasteiger charge is -2.09. The van der Waals surface area contributed by atoms with Crippen molar-refractivity contribution >= 4 is 17.5 Å². The highest BCUT2D eigenvalue weighted by molar-refractivity contribution is 6.29. The van der Waals surface area contributed by atoms with Gasteiger partial charge in [0.1, 0.15) is 0 Å². The Hall–Kier alpha value is -1.07. The average molecular weight is 247 g/mol. The molecule has 0 aromatic carbocycles. The summed E-state index contributed by atoms with van der Waals surface area (Å²) in [5.74, 6) is -0.114. The Morgan fingerprint density at radius 3 is 2.88 bits per heavy atom. The molecule has 5 nitrogen and oxygen atoms in total. The van der Waals surface area contributed by atoms with E-state index in [0.29, 0.717) is 17.8 Å². The number of nitrogens with one attached hydrogen (secondary N) is 1. The van der Waals surface area contributed by atoms with E-state index in [-0.39, 0.29) is 30.1 Å². The first kappa shape index (κ1) is 13.0. The van der Waals surface area contributed by atoms with Gasteiger partial charge in [0, 0.05) is 18.7 Å². The molecule has 0 saturated heterocycles. The third kappa shape index (κ3) is 3.50. The predicted molar refractivity (Wildman–Crippen MR) is 59.2 cm³/mol. The zero-order valence-electron chi connectivity index (χ0n) is 9.29. The van der Waals surface area contributed by atoms with Gasteiger partial charge in [-0.05, 0) is 24.4 Å². The molecule has 0 aliphatic rings. The van der Waals surface area contributed by atoms with E-state index in [4.69, 9.17) is 21.2 Å². The summed E-state index contributed by atoms with van der Waals surface area (Å²) in [4.78, 5) is 11.5. The maximum atomic E-state index is 11.5. The lowest BCUT2D eigenvalue weighted by atomic mass is 10.1. The smallest absolute Gasteiger partial charge is 0.229 e. The highest BCUT2D eigenvalue weighted by Gasteiger charge is 2.14. The molecule has 1 unspecified atom stereocenters. The van der Waals surface area contributed by atoms with Crippen LogP contribution in [-0.4, -0.2) is 29.3 Å². The molecule has 0 fully saturated rings. The molecule has 1 atom stereocenters. The predicted octanol–water partition coefficient (Wildman–Crippen LogP) is 0.924. The molecule has 1 aromatic heterocycles. The van der Waals surface area contributed by atoms with E-state index in [0.717, 1.165) is 0 Å². The Kier molecular flexibility index (Phi) is 4.76. The number of carbonyl (C=O) groups excluding carboxylic acids is 1. The average Bonchev–Trinajstić information content (AvgIpc) is 2.57. The fourth-order valence-corrected chi connectivity index (χ4v) is 1.37. The number of carbonyl (C=O) groups is 1. The summed E-state index contributed by atoms with van der Waals surface area (Å²) in [5.41, 5.74) is 1.23. The molecular weight excluding hydrogens is 232 g/mol. The SMILES string of the molecule is Cc1noc(Cl)c1CC(=O)NCC(C)CO. The lowest BCUT2D eigenvalue weighted by Crippen LogP contribution is -2.30. The van der Waals surface area contributed by atoms with Crippen LogP contribution in [0, 0.1) is 12.8 Å². The number of halogens is 1. The summed E-state index contributed by atoms with van der Waals surface area (Å²) in [6.07, 6.45) is 0.145. The third-order valence-electron chi connectivity index (χ3n) is 2.23. The van der Waals surface area contributed by atoms with Crippen LogP contribution >= 0.6 is 11.6 Å². The number of rotatable bonds is 5. The van der Waals surface area contributed by atoms with E-state index in [2.05, 4.69) is 10.5 Å². The van der Waals surface area contributed by atoms with E-state index >= 15 is 0 Å².